The van der Waals surface area contributed by atoms with E-state index in [2.05, 4.69) is 24.7 Å². The number of hydrogen-bond acceptors (Lipinski definition) is 5. The summed E-state index contributed by atoms with van der Waals surface area (Å²) in [4.78, 5) is 14.3. The molecule has 0 radical (unpaired) electrons. The van der Waals surface area contributed by atoms with Crippen molar-refractivity contribution in [2.75, 3.05) is 6.54 Å². The van der Waals surface area contributed by atoms with Crippen LogP contribution >= 0.6 is 0 Å². The van der Waals surface area contributed by atoms with Crippen molar-refractivity contribution in [3.63, 3.8) is 0 Å². The molecule has 2 rings (SSSR count). The van der Waals surface area contributed by atoms with E-state index < -0.39 is 10.0 Å². The summed E-state index contributed by atoms with van der Waals surface area (Å²) in [7, 11) is -3.62. The van der Waals surface area contributed by atoms with Crippen LogP contribution in [0.1, 0.15) is 13.8 Å². The highest BCUT2D eigenvalue weighted by atomic mass is 32.2. The lowest BCUT2D eigenvalue weighted by molar-refractivity contribution is 0.557. The Morgan fingerprint density at radius 3 is 2.82 bits per heavy atom. The maximum Gasteiger partial charge on any atom is 0.260 e. The first-order valence-corrected chi connectivity index (χ1v) is 6.63. The Morgan fingerprint density at radius 2 is 2.12 bits per heavy atom. The van der Waals surface area contributed by atoms with Crippen LogP contribution in [0.2, 0.25) is 0 Å². The van der Waals surface area contributed by atoms with Crippen LogP contribution in [-0.4, -0.2) is 34.9 Å². The van der Waals surface area contributed by atoms with Crippen molar-refractivity contribution in [1.82, 2.24) is 24.7 Å². The van der Waals surface area contributed by atoms with Crippen LogP contribution in [0.25, 0.3) is 11.2 Å². The molecule has 0 aliphatic rings. The Labute approximate surface area is 98.8 Å². The smallest absolute Gasteiger partial charge is 0.260 e. The highest BCUT2D eigenvalue weighted by Crippen LogP contribution is 2.14. The van der Waals surface area contributed by atoms with Crippen LogP contribution in [0.5, 0.6) is 0 Å². The van der Waals surface area contributed by atoms with Crippen LogP contribution in [0.15, 0.2) is 17.7 Å². The van der Waals surface area contributed by atoms with Crippen molar-refractivity contribution >= 4 is 21.2 Å². The molecule has 2 N–H and O–H groups in total. The molecule has 0 saturated carbocycles. The van der Waals surface area contributed by atoms with Gasteiger partial charge in [-0.25, -0.2) is 28.1 Å². The quantitative estimate of drug-likeness (QED) is 0.764. The molecule has 0 aliphatic heterocycles. The fourth-order valence-electron chi connectivity index (χ4n) is 1.29. The molecule has 0 atom stereocenters. The number of sulfonamides is 1. The lowest BCUT2D eigenvalue weighted by Crippen LogP contribution is -2.28. The Morgan fingerprint density at radius 1 is 1.35 bits per heavy atom. The lowest BCUT2D eigenvalue weighted by atomic mass is 10.2. The summed E-state index contributed by atoms with van der Waals surface area (Å²) in [6.07, 6.45) is 2.58. The van der Waals surface area contributed by atoms with Crippen molar-refractivity contribution in [3.05, 3.63) is 12.7 Å². The van der Waals surface area contributed by atoms with Gasteiger partial charge in [-0.15, -0.1) is 0 Å². The first kappa shape index (κ1) is 11.9. The number of imidazole rings is 1. The minimum absolute atomic E-state index is 0.0688. The zero-order valence-electron chi connectivity index (χ0n) is 9.51. The van der Waals surface area contributed by atoms with Crippen LogP contribution < -0.4 is 4.72 Å². The third kappa shape index (κ3) is 2.42. The Hall–Kier alpha value is -1.54. The Balaban J connectivity index is 2.42. The first-order valence-electron chi connectivity index (χ1n) is 5.14. The molecular weight excluding hydrogens is 242 g/mol. The van der Waals surface area contributed by atoms with Crippen LogP contribution in [0.4, 0.5) is 0 Å². The highest BCUT2D eigenvalue weighted by Gasteiger charge is 2.20. The van der Waals surface area contributed by atoms with E-state index in [-0.39, 0.29) is 10.9 Å². The van der Waals surface area contributed by atoms with E-state index in [9.17, 15) is 8.42 Å². The molecule has 0 aromatic carbocycles. The molecule has 0 saturated heterocycles. The average molecular weight is 255 g/mol. The summed E-state index contributed by atoms with van der Waals surface area (Å²) in [5, 5.41) is -0.0688. The number of aromatic amines is 1. The summed E-state index contributed by atoms with van der Waals surface area (Å²) >= 11 is 0. The van der Waals surface area contributed by atoms with E-state index in [1.54, 1.807) is 0 Å². The minimum Gasteiger partial charge on any atom is -0.341 e. The van der Waals surface area contributed by atoms with E-state index >= 15 is 0 Å². The van der Waals surface area contributed by atoms with Crippen LogP contribution in [0, 0.1) is 5.92 Å². The van der Waals surface area contributed by atoms with Crippen LogP contribution in [-0.2, 0) is 10.0 Å². The van der Waals surface area contributed by atoms with Gasteiger partial charge in [-0.3, -0.25) is 0 Å². The zero-order valence-corrected chi connectivity index (χ0v) is 10.3. The molecule has 17 heavy (non-hydrogen) atoms. The number of H-pyrrole nitrogens is 1. The molecular formula is C9H13N5O2S. The second-order valence-corrected chi connectivity index (χ2v) is 5.71. The number of nitrogens with one attached hydrogen (secondary N) is 2. The van der Waals surface area contributed by atoms with Gasteiger partial charge in [0.1, 0.15) is 11.8 Å². The standard InChI is InChI=1S/C9H13N5O2S/c1-6(2)3-14-17(15,16)9-7-8(11-4-10-7)12-5-13-9/h4-6,14H,3H2,1-2H3,(H,10,11,12,13). The number of fused-ring (bicyclic) bond motifs is 1. The van der Waals surface area contributed by atoms with Crippen molar-refractivity contribution in [2.45, 2.75) is 18.9 Å². The van der Waals surface area contributed by atoms with Crippen molar-refractivity contribution < 1.29 is 8.42 Å². The third-order valence-electron chi connectivity index (χ3n) is 2.12. The Bertz CT molecular complexity index is 619. The number of rotatable bonds is 4. The van der Waals surface area contributed by atoms with Gasteiger partial charge < -0.3 is 4.98 Å². The third-order valence-corrected chi connectivity index (χ3v) is 3.49. The first-order chi connectivity index (χ1) is 8.00. The summed E-state index contributed by atoms with van der Waals surface area (Å²) in [6.45, 7) is 4.21. The summed E-state index contributed by atoms with van der Waals surface area (Å²) in [6, 6.07) is 0. The number of aromatic nitrogens is 4. The molecule has 0 aliphatic carbocycles. The van der Waals surface area contributed by atoms with Crippen molar-refractivity contribution in [3.8, 4) is 0 Å². The van der Waals surface area contributed by atoms with Gasteiger partial charge in [-0.05, 0) is 5.92 Å². The number of hydrogen-bond donors (Lipinski definition) is 2. The minimum atomic E-state index is -3.62. The molecule has 2 aromatic heterocycles. The molecule has 0 bridgehead atoms. The molecule has 0 amide bonds. The fraction of sp³-hybridized carbons (Fsp3) is 0.444. The van der Waals surface area contributed by atoms with Gasteiger partial charge in [0.2, 0.25) is 0 Å². The van der Waals surface area contributed by atoms with Crippen molar-refractivity contribution in [2.24, 2.45) is 5.92 Å². The molecule has 0 unspecified atom stereocenters. The van der Waals surface area contributed by atoms with E-state index in [0.717, 1.165) is 0 Å². The molecule has 2 heterocycles. The van der Waals surface area contributed by atoms with Crippen LogP contribution in [0.3, 0.4) is 0 Å². The summed E-state index contributed by atoms with van der Waals surface area (Å²) in [5.74, 6) is 0.226. The van der Waals surface area contributed by atoms with Gasteiger partial charge in [0, 0.05) is 6.54 Å². The molecule has 92 valence electrons. The largest absolute Gasteiger partial charge is 0.341 e. The van der Waals surface area contributed by atoms with E-state index in [0.29, 0.717) is 17.7 Å². The second kappa shape index (κ2) is 4.38. The number of nitrogens with zero attached hydrogens (tertiary/aromatic N) is 3. The lowest BCUT2D eigenvalue weighted by Gasteiger charge is -2.08. The van der Waals surface area contributed by atoms with Gasteiger partial charge in [0.25, 0.3) is 10.0 Å². The summed E-state index contributed by atoms with van der Waals surface area (Å²) in [5.41, 5.74) is 0.661. The van der Waals surface area contributed by atoms with Gasteiger partial charge >= 0.3 is 0 Å². The summed E-state index contributed by atoms with van der Waals surface area (Å²) < 4.78 is 26.5. The predicted molar refractivity (Wildman–Crippen MR) is 61.7 cm³/mol. The fourth-order valence-corrected chi connectivity index (χ4v) is 2.59. The maximum absolute atomic E-state index is 12.0. The Kier molecular flexibility index (Phi) is 3.07. The SMILES string of the molecule is CC(C)CNS(=O)(=O)c1ncnc2nc[nH]c12. The van der Waals surface area contributed by atoms with Crippen molar-refractivity contribution in [1.29, 1.82) is 0 Å². The second-order valence-electron chi connectivity index (χ2n) is 4.03. The maximum atomic E-state index is 12.0. The van der Waals surface area contributed by atoms with Gasteiger partial charge in [0.15, 0.2) is 10.7 Å². The molecule has 7 nitrogen and oxygen atoms in total. The van der Waals surface area contributed by atoms with Gasteiger partial charge in [0.05, 0.1) is 6.33 Å². The normalized spacial score (nSPS) is 12.4. The monoisotopic (exact) mass is 255 g/mol. The predicted octanol–water partition coefficient (Wildman–Crippen LogP) is 0.287. The molecule has 8 heteroatoms. The topological polar surface area (TPSA) is 101 Å². The van der Waals surface area contributed by atoms with E-state index in [1.165, 1.54) is 12.7 Å². The van der Waals surface area contributed by atoms with E-state index in [4.69, 9.17) is 0 Å². The molecule has 0 fully saturated rings. The van der Waals surface area contributed by atoms with E-state index in [1.807, 2.05) is 13.8 Å². The van der Waals surface area contributed by atoms with Gasteiger partial charge in [-0.1, -0.05) is 13.8 Å². The average Bonchev–Trinajstić information content (AvgIpc) is 2.74. The highest BCUT2D eigenvalue weighted by molar-refractivity contribution is 7.89. The van der Waals surface area contributed by atoms with Gasteiger partial charge in [-0.2, -0.15) is 0 Å². The molecule has 2 aromatic rings. The molecule has 0 spiro atoms. The zero-order chi connectivity index (χ0) is 12.5.